The second kappa shape index (κ2) is 6.29. The zero-order valence-corrected chi connectivity index (χ0v) is 10.8. The van der Waals surface area contributed by atoms with Crippen molar-refractivity contribution in [1.29, 1.82) is 0 Å². The van der Waals surface area contributed by atoms with Gasteiger partial charge in [0.15, 0.2) is 0 Å². The summed E-state index contributed by atoms with van der Waals surface area (Å²) < 4.78 is 31.9. The molecule has 2 N–H and O–H groups in total. The summed E-state index contributed by atoms with van der Waals surface area (Å²) in [6, 6.07) is 6.72. The zero-order chi connectivity index (χ0) is 14.5. The number of carbonyl (C=O) groups excluding carboxylic acids is 1. The molecule has 0 saturated heterocycles. The average Bonchev–Trinajstić information content (AvgIpc) is 2.94. The van der Waals surface area contributed by atoms with Gasteiger partial charge >= 0.3 is 0 Å². The molecule has 0 fully saturated rings. The molecular weight excluding hydrogens is 266 g/mol. The first kappa shape index (κ1) is 14.2. The van der Waals surface area contributed by atoms with Crippen LogP contribution in [-0.4, -0.2) is 12.5 Å². The third kappa shape index (κ3) is 3.42. The Bertz CT molecular complexity index is 565. The van der Waals surface area contributed by atoms with Crippen molar-refractivity contribution in [2.45, 2.75) is 13.0 Å². The van der Waals surface area contributed by atoms with E-state index in [0.29, 0.717) is 5.76 Å². The number of anilines is 1. The first-order chi connectivity index (χ1) is 9.58. The van der Waals surface area contributed by atoms with Crippen LogP contribution in [0.1, 0.15) is 18.7 Å². The van der Waals surface area contributed by atoms with Crippen molar-refractivity contribution in [1.82, 2.24) is 5.32 Å². The van der Waals surface area contributed by atoms with Crippen LogP contribution in [0.15, 0.2) is 41.0 Å². The summed E-state index contributed by atoms with van der Waals surface area (Å²) in [6.45, 7) is 1.73. The van der Waals surface area contributed by atoms with E-state index in [9.17, 15) is 13.6 Å². The fourth-order valence-electron chi connectivity index (χ4n) is 1.68. The molecule has 1 amide bonds. The van der Waals surface area contributed by atoms with Crippen LogP contribution in [0.5, 0.6) is 0 Å². The molecule has 1 atom stereocenters. The quantitative estimate of drug-likeness (QED) is 0.885. The minimum atomic E-state index is -0.808. The summed E-state index contributed by atoms with van der Waals surface area (Å²) in [5.41, 5.74) is -0.440. The number of hydrogen-bond donors (Lipinski definition) is 2. The summed E-state index contributed by atoms with van der Waals surface area (Å²) >= 11 is 0. The fourth-order valence-corrected chi connectivity index (χ4v) is 1.68. The SMILES string of the molecule is C[C@@H](NCC(=O)Nc1c(F)cccc1F)c1ccco1. The third-order valence-electron chi connectivity index (χ3n) is 2.77. The van der Waals surface area contributed by atoms with Crippen molar-refractivity contribution in [2.24, 2.45) is 0 Å². The Hall–Kier alpha value is -2.21. The summed E-state index contributed by atoms with van der Waals surface area (Å²) in [5, 5.41) is 5.09. The number of halogens is 2. The predicted molar refractivity (Wildman–Crippen MR) is 70.1 cm³/mol. The van der Waals surface area contributed by atoms with Crippen LogP contribution in [0.4, 0.5) is 14.5 Å². The van der Waals surface area contributed by atoms with E-state index in [1.165, 1.54) is 12.3 Å². The van der Waals surface area contributed by atoms with E-state index in [1.54, 1.807) is 12.1 Å². The third-order valence-corrected chi connectivity index (χ3v) is 2.77. The van der Waals surface area contributed by atoms with Crippen LogP contribution in [0.25, 0.3) is 0 Å². The van der Waals surface area contributed by atoms with Crippen molar-refractivity contribution in [2.75, 3.05) is 11.9 Å². The van der Waals surface area contributed by atoms with Crippen molar-refractivity contribution in [3.8, 4) is 0 Å². The largest absolute Gasteiger partial charge is 0.468 e. The summed E-state index contributed by atoms with van der Waals surface area (Å²) in [7, 11) is 0. The second-order valence-electron chi connectivity index (χ2n) is 4.26. The molecule has 106 valence electrons. The second-order valence-corrected chi connectivity index (χ2v) is 4.26. The highest BCUT2D eigenvalue weighted by molar-refractivity contribution is 5.92. The van der Waals surface area contributed by atoms with E-state index in [4.69, 9.17) is 4.42 Å². The molecule has 0 radical (unpaired) electrons. The minimum Gasteiger partial charge on any atom is -0.468 e. The Morgan fingerprint density at radius 2 is 1.95 bits per heavy atom. The van der Waals surface area contributed by atoms with Crippen LogP contribution in [0.2, 0.25) is 0 Å². The minimum absolute atomic E-state index is 0.0877. The molecule has 4 nitrogen and oxygen atoms in total. The number of nitrogens with one attached hydrogen (secondary N) is 2. The van der Waals surface area contributed by atoms with Gasteiger partial charge in [-0.25, -0.2) is 8.78 Å². The van der Waals surface area contributed by atoms with E-state index >= 15 is 0 Å². The number of furan rings is 1. The molecule has 0 unspecified atom stereocenters. The molecule has 0 aliphatic carbocycles. The van der Waals surface area contributed by atoms with Crippen LogP contribution in [0, 0.1) is 11.6 Å². The van der Waals surface area contributed by atoms with Crippen molar-refractivity contribution < 1.29 is 18.0 Å². The van der Waals surface area contributed by atoms with Gasteiger partial charge in [-0.2, -0.15) is 0 Å². The lowest BCUT2D eigenvalue weighted by Gasteiger charge is -2.12. The molecule has 1 heterocycles. The van der Waals surface area contributed by atoms with Gasteiger partial charge in [-0.05, 0) is 31.2 Å². The Balaban J connectivity index is 1.90. The standard InChI is InChI=1S/C14H14F2N2O2/c1-9(12-6-3-7-20-12)17-8-13(19)18-14-10(15)4-2-5-11(14)16/h2-7,9,17H,8H2,1H3,(H,18,19)/t9-/m1/s1. The predicted octanol–water partition coefficient (Wildman–Crippen LogP) is 2.85. The Labute approximate surface area is 114 Å². The molecule has 0 bridgehead atoms. The van der Waals surface area contributed by atoms with Gasteiger partial charge < -0.3 is 9.73 Å². The molecule has 0 saturated carbocycles. The van der Waals surface area contributed by atoms with Gasteiger partial charge in [0.05, 0.1) is 18.8 Å². The Kier molecular flexibility index (Phi) is 4.47. The van der Waals surface area contributed by atoms with Gasteiger partial charge in [-0.3, -0.25) is 10.1 Å². The maximum absolute atomic E-state index is 13.3. The Morgan fingerprint density at radius 1 is 1.25 bits per heavy atom. The zero-order valence-electron chi connectivity index (χ0n) is 10.8. The van der Waals surface area contributed by atoms with Crippen molar-refractivity contribution in [3.63, 3.8) is 0 Å². The highest BCUT2D eigenvalue weighted by Gasteiger charge is 2.13. The lowest BCUT2D eigenvalue weighted by molar-refractivity contribution is -0.115. The van der Waals surface area contributed by atoms with Gasteiger partial charge in [-0.1, -0.05) is 6.07 Å². The van der Waals surface area contributed by atoms with Gasteiger partial charge in [0.25, 0.3) is 0 Å². The highest BCUT2D eigenvalue weighted by Crippen LogP contribution is 2.17. The maximum atomic E-state index is 13.3. The van der Waals surface area contributed by atoms with E-state index in [0.717, 1.165) is 12.1 Å². The molecule has 1 aromatic carbocycles. The number of amides is 1. The average molecular weight is 280 g/mol. The summed E-state index contributed by atoms with van der Waals surface area (Å²) in [4.78, 5) is 11.7. The molecule has 0 spiro atoms. The highest BCUT2D eigenvalue weighted by atomic mass is 19.1. The fraction of sp³-hybridized carbons (Fsp3) is 0.214. The molecule has 1 aromatic heterocycles. The van der Waals surface area contributed by atoms with E-state index < -0.39 is 23.2 Å². The van der Waals surface area contributed by atoms with E-state index in [1.807, 2.05) is 6.92 Å². The van der Waals surface area contributed by atoms with Crippen molar-refractivity contribution >= 4 is 11.6 Å². The molecule has 0 aliphatic rings. The molecule has 0 aliphatic heterocycles. The lowest BCUT2D eigenvalue weighted by Crippen LogP contribution is -2.30. The van der Waals surface area contributed by atoms with Gasteiger partial charge in [0.2, 0.25) is 5.91 Å². The number of benzene rings is 1. The van der Waals surface area contributed by atoms with E-state index in [2.05, 4.69) is 10.6 Å². The summed E-state index contributed by atoms with van der Waals surface area (Å²) in [6.07, 6.45) is 1.53. The number of carbonyl (C=O) groups is 1. The smallest absolute Gasteiger partial charge is 0.238 e. The van der Waals surface area contributed by atoms with Crippen LogP contribution >= 0.6 is 0 Å². The van der Waals surface area contributed by atoms with Crippen LogP contribution in [-0.2, 0) is 4.79 Å². The summed E-state index contributed by atoms with van der Waals surface area (Å²) in [5.74, 6) is -1.47. The van der Waals surface area contributed by atoms with Crippen LogP contribution in [0.3, 0.4) is 0 Å². The molecule has 2 rings (SSSR count). The number of hydrogen-bond acceptors (Lipinski definition) is 3. The number of para-hydroxylation sites is 1. The first-order valence-corrected chi connectivity index (χ1v) is 6.08. The normalized spacial score (nSPS) is 12.2. The maximum Gasteiger partial charge on any atom is 0.238 e. The molecule has 2 aromatic rings. The molecule has 20 heavy (non-hydrogen) atoms. The van der Waals surface area contributed by atoms with Gasteiger partial charge in [0, 0.05) is 0 Å². The number of rotatable bonds is 5. The molecular formula is C14H14F2N2O2. The van der Waals surface area contributed by atoms with Crippen LogP contribution < -0.4 is 10.6 Å². The van der Waals surface area contributed by atoms with Gasteiger partial charge in [0.1, 0.15) is 23.1 Å². The van der Waals surface area contributed by atoms with E-state index in [-0.39, 0.29) is 12.6 Å². The lowest BCUT2D eigenvalue weighted by atomic mass is 10.2. The first-order valence-electron chi connectivity index (χ1n) is 6.08. The Morgan fingerprint density at radius 3 is 2.55 bits per heavy atom. The topological polar surface area (TPSA) is 54.3 Å². The van der Waals surface area contributed by atoms with Gasteiger partial charge in [-0.15, -0.1) is 0 Å². The van der Waals surface area contributed by atoms with Crippen molar-refractivity contribution in [3.05, 3.63) is 54.0 Å². The monoisotopic (exact) mass is 280 g/mol. The molecule has 6 heteroatoms.